The van der Waals surface area contributed by atoms with Crippen LogP contribution in [-0.2, 0) is 4.79 Å². The lowest BCUT2D eigenvalue weighted by atomic mass is 9.90. The molecule has 170 valence electrons. The first-order chi connectivity index (χ1) is 15.5. The zero-order valence-corrected chi connectivity index (χ0v) is 19.2. The number of ether oxygens (including phenoxy) is 1. The van der Waals surface area contributed by atoms with Gasteiger partial charge < -0.3 is 19.4 Å². The number of hydrogen-bond donors (Lipinski definition) is 0. The maximum Gasteiger partial charge on any atom is 0.255 e. The second kappa shape index (κ2) is 10.4. The Hall–Kier alpha value is -2.57. The van der Waals surface area contributed by atoms with Gasteiger partial charge in [-0.25, -0.2) is 0 Å². The van der Waals surface area contributed by atoms with Crippen molar-refractivity contribution < 1.29 is 14.3 Å². The molecule has 2 aromatic rings. The third-order valence-electron chi connectivity index (χ3n) is 6.38. The number of nitrogens with zero attached hydrogens (tertiary/aromatic N) is 3. The van der Waals surface area contributed by atoms with Crippen LogP contribution in [0, 0.1) is 5.92 Å². The Balaban J connectivity index is 1.48. The van der Waals surface area contributed by atoms with Crippen molar-refractivity contribution in [2.75, 3.05) is 46.3 Å². The zero-order chi connectivity index (χ0) is 22.5. The minimum Gasteiger partial charge on any atom is -0.490 e. The van der Waals surface area contributed by atoms with Crippen LogP contribution in [0.5, 0.6) is 5.75 Å². The van der Waals surface area contributed by atoms with E-state index in [1.807, 2.05) is 52.3 Å². The molecule has 7 heteroatoms. The van der Waals surface area contributed by atoms with Crippen molar-refractivity contribution in [1.82, 2.24) is 14.7 Å². The molecule has 2 amide bonds. The van der Waals surface area contributed by atoms with E-state index in [4.69, 9.17) is 16.3 Å². The van der Waals surface area contributed by atoms with Gasteiger partial charge in [0.15, 0.2) is 0 Å². The molecule has 2 aromatic carbocycles. The van der Waals surface area contributed by atoms with Crippen molar-refractivity contribution in [2.45, 2.75) is 18.9 Å². The molecule has 2 atom stereocenters. The lowest BCUT2D eigenvalue weighted by molar-refractivity contribution is -0.135. The van der Waals surface area contributed by atoms with Crippen molar-refractivity contribution >= 4 is 23.4 Å². The Morgan fingerprint density at radius 1 is 0.938 bits per heavy atom. The minimum atomic E-state index is -0.121. The Bertz CT molecular complexity index is 931. The molecule has 2 fully saturated rings. The van der Waals surface area contributed by atoms with Gasteiger partial charge in [0.25, 0.3) is 5.91 Å². The number of carbonyl (C=O) groups is 2. The van der Waals surface area contributed by atoms with Gasteiger partial charge >= 0.3 is 0 Å². The summed E-state index contributed by atoms with van der Waals surface area (Å²) >= 11 is 6.27. The molecule has 2 aliphatic rings. The summed E-state index contributed by atoms with van der Waals surface area (Å²) in [5, 5.41) is 0.449. The van der Waals surface area contributed by atoms with E-state index >= 15 is 0 Å². The van der Waals surface area contributed by atoms with Gasteiger partial charge in [-0.3, -0.25) is 9.59 Å². The summed E-state index contributed by atoms with van der Waals surface area (Å²) in [5.41, 5.74) is 0.501. The molecule has 32 heavy (non-hydrogen) atoms. The second-order valence-electron chi connectivity index (χ2n) is 8.64. The van der Waals surface area contributed by atoms with Gasteiger partial charge in [0.05, 0.1) is 10.6 Å². The van der Waals surface area contributed by atoms with E-state index in [1.54, 1.807) is 12.1 Å². The van der Waals surface area contributed by atoms with Gasteiger partial charge in [0.1, 0.15) is 11.9 Å². The van der Waals surface area contributed by atoms with Crippen LogP contribution in [0.15, 0.2) is 54.6 Å². The summed E-state index contributed by atoms with van der Waals surface area (Å²) in [4.78, 5) is 32.2. The fourth-order valence-electron chi connectivity index (χ4n) is 4.43. The molecule has 0 aromatic heterocycles. The van der Waals surface area contributed by atoms with Crippen LogP contribution >= 0.6 is 11.6 Å². The summed E-state index contributed by atoms with van der Waals surface area (Å²) in [6.45, 7) is 4.31. The molecule has 2 saturated heterocycles. The topological polar surface area (TPSA) is 53.1 Å². The zero-order valence-electron chi connectivity index (χ0n) is 18.5. The smallest absolute Gasteiger partial charge is 0.255 e. The minimum absolute atomic E-state index is 0.0810. The van der Waals surface area contributed by atoms with E-state index in [9.17, 15) is 9.59 Å². The Labute approximate surface area is 194 Å². The number of benzene rings is 2. The standard InChI is InChI=1S/C25H30ClN3O3/c1-27-13-15-28(16-14-27)24(30)17-19-18-29(25(31)21-9-5-6-10-22(21)26)12-11-23(19)32-20-7-3-2-4-8-20/h2-10,19,23H,11-18H2,1H3/t19-,23-/m0/s1. The fraction of sp³-hybridized carbons (Fsp3) is 0.440. The molecule has 0 N–H and O–H groups in total. The first-order valence-corrected chi connectivity index (χ1v) is 11.6. The van der Waals surface area contributed by atoms with Gasteiger partial charge in [0.2, 0.25) is 5.91 Å². The number of piperazine rings is 1. The number of piperidine rings is 1. The Kier molecular flexibility index (Phi) is 7.33. The molecule has 2 aliphatic heterocycles. The number of para-hydroxylation sites is 1. The highest BCUT2D eigenvalue weighted by atomic mass is 35.5. The van der Waals surface area contributed by atoms with E-state index < -0.39 is 0 Å². The van der Waals surface area contributed by atoms with E-state index in [2.05, 4.69) is 11.9 Å². The largest absolute Gasteiger partial charge is 0.490 e. The Morgan fingerprint density at radius 2 is 1.62 bits per heavy atom. The van der Waals surface area contributed by atoms with Crippen molar-refractivity contribution in [3.63, 3.8) is 0 Å². The maximum atomic E-state index is 13.2. The number of halogens is 1. The highest BCUT2D eigenvalue weighted by Gasteiger charge is 2.36. The molecule has 4 rings (SSSR count). The Morgan fingerprint density at radius 3 is 2.34 bits per heavy atom. The second-order valence-corrected chi connectivity index (χ2v) is 9.04. The predicted molar refractivity (Wildman–Crippen MR) is 125 cm³/mol. The van der Waals surface area contributed by atoms with Crippen molar-refractivity contribution in [3.05, 3.63) is 65.2 Å². The summed E-state index contributed by atoms with van der Waals surface area (Å²) in [7, 11) is 2.07. The fourth-order valence-corrected chi connectivity index (χ4v) is 4.65. The summed E-state index contributed by atoms with van der Waals surface area (Å²) in [6.07, 6.45) is 0.920. The highest BCUT2D eigenvalue weighted by Crippen LogP contribution is 2.28. The van der Waals surface area contributed by atoms with E-state index in [1.165, 1.54) is 0 Å². The average Bonchev–Trinajstić information content (AvgIpc) is 2.81. The molecular formula is C25H30ClN3O3. The van der Waals surface area contributed by atoms with Gasteiger partial charge in [0, 0.05) is 58.0 Å². The third kappa shape index (κ3) is 5.43. The van der Waals surface area contributed by atoms with Gasteiger partial charge in [-0.2, -0.15) is 0 Å². The molecule has 0 saturated carbocycles. The predicted octanol–water partition coefficient (Wildman–Crippen LogP) is 3.41. The van der Waals surface area contributed by atoms with Crippen LogP contribution in [0.1, 0.15) is 23.2 Å². The number of hydrogen-bond acceptors (Lipinski definition) is 4. The quantitative estimate of drug-likeness (QED) is 0.693. The normalized spacial score (nSPS) is 21.9. The molecule has 6 nitrogen and oxygen atoms in total. The van der Waals surface area contributed by atoms with Crippen molar-refractivity contribution in [1.29, 1.82) is 0 Å². The number of carbonyl (C=O) groups excluding carboxylic acids is 2. The highest BCUT2D eigenvalue weighted by molar-refractivity contribution is 6.33. The molecular weight excluding hydrogens is 426 g/mol. The van der Waals surface area contributed by atoms with Crippen LogP contribution in [0.25, 0.3) is 0 Å². The van der Waals surface area contributed by atoms with Gasteiger partial charge in [-0.05, 0) is 31.3 Å². The number of amides is 2. The summed E-state index contributed by atoms with van der Waals surface area (Å²) in [5.74, 6) is 0.755. The van der Waals surface area contributed by atoms with Crippen molar-refractivity contribution in [2.24, 2.45) is 5.92 Å². The van der Waals surface area contributed by atoms with Crippen LogP contribution < -0.4 is 4.74 Å². The number of likely N-dealkylation sites (tertiary alicyclic amines) is 1. The van der Waals surface area contributed by atoms with Gasteiger partial charge in [-0.15, -0.1) is 0 Å². The first-order valence-electron chi connectivity index (χ1n) is 11.2. The SMILES string of the molecule is CN1CCN(C(=O)C[C@H]2CN(C(=O)c3ccccc3Cl)CC[C@@H]2Oc2ccccc2)CC1. The van der Waals surface area contributed by atoms with E-state index in [0.29, 0.717) is 36.5 Å². The first kappa shape index (κ1) is 22.6. The third-order valence-corrected chi connectivity index (χ3v) is 6.71. The van der Waals surface area contributed by atoms with E-state index in [-0.39, 0.29) is 23.8 Å². The van der Waals surface area contributed by atoms with Crippen LogP contribution in [-0.4, -0.2) is 78.9 Å². The molecule has 2 heterocycles. The number of rotatable bonds is 5. The number of likely N-dealkylation sites (N-methyl/N-ethyl adjacent to an activating group) is 1. The molecule has 0 aliphatic carbocycles. The van der Waals surface area contributed by atoms with Gasteiger partial charge in [-0.1, -0.05) is 41.9 Å². The summed E-state index contributed by atoms with van der Waals surface area (Å²) < 4.78 is 6.29. The van der Waals surface area contributed by atoms with E-state index in [0.717, 1.165) is 31.9 Å². The monoisotopic (exact) mass is 455 g/mol. The lowest BCUT2D eigenvalue weighted by Crippen LogP contribution is -2.51. The van der Waals surface area contributed by atoms with Crippen LogP contribution in [0.2, 0.25) is 5.02 Å². The van der Waals surface area contributed by atoms with Crippen molar-refractivity contribution in [3.8, 4) is 5.75 Å². The molecule has 0 unspecified atom stereocenters. The summed E-state index contributed by atoms with van der Waals surface area (Å²) in [6, 6.07) is 16.8. The van der Waals surface area contributed by atoms with Crippen LogP contribution in [0.3, 0.4) is 0 Å². The average molecular weight is 456 g/mol. The molecule has 0 radical (unpaired) electrons. The lowest BCUT2D eigenvalue weighted by Gasteiger charge is -2.40. The molecule has 0 spiro atoms. The maximum absolute atomic E-state index is 13.2. The van der Waals surface area contributed by atoms with Crippen LogP contribution in [0.4, 0.5) is 0 Å². The molecule has 0 bridgehead atoms.